The smallest absolute Gasteiger partial charge is 0.490 e. The minimum Gasteiger partial charge on any atom is -0.507 e. The van der Waals surface area contributed by atoms with Crippen LogP contribution in [0, 0.1) is 0 Å². The summed E-state index contributed by atoms with van der Waals surface area (Å²) in [5, 5.41) is 17.9. The number of alkyl halides is 3. The summed E-state index contributed by atoms with van der Waals surface area (Å²) in [7, 11) is 2.00. The van der Waals surface area contributed by atoms with Gasteiger partial charge in [-0.3, -0.25) is 4.79 Å². The lowest BCUT2D eigenvalue weighted by Crippen LogP contribution is -2.36. The van der Waals surface area contributed by atoms with Crippen molar-refractivity contribution in [1.29, 1.82) is 0 Å². The predicted molar refractivity (Wildman–Crippen MR) is 120 cm³/mol. The van der Waals surface area contributed by atoms with E-state index >= 15 is 0 Å². The summed E-state index contributed by atoms with van der Waals surface area (Å²) in [5.74, 6) is -2.52. The van der Waals surface area contributed by atoms with Crippen molar-refractivity contribution in [1.82, 2.24) is 0 Å². The van der Waals surface area contributed by atoms with Crippen LogP contribution in [0.25, 0.3) is 0 Å². The lowest BCUT2D eigenvalue weighted by molar-refractivity contribution is -0.192. The molecular weight excluding hydrogens is 469 g/mol. The van der Waals surface area contributed by atoms with E-state index in [2.05, 4.69) is 4.90 Å². The molecule has 3 aliphatic heterocycles. The van der Waals surface area contributed by atoms with Crippen LogP contribution in [0.2, 0.25) is 0 Å². The number of fused-ring (bicyclic) bond motifs is 2. The number of carbonyl (C=O) groups is 2. The molecule has 0 radical (unpaired) electrons. The first kappa shape index (κ1) is 24.6. The molecule has 5 rings (SSSR count). The third-order valence-corrected chi connectivity index (χ3v) is 6.22. The molecule has 1 saturated heterocycles. The molecule has 0 spiro atoms. The Labute approximate surface area is 199 Å². The zero-order chi connectivity index (χ0) is 25.3. The number of carboxylic acid groups (broad SMARTS) is 1. The molecule has 35 heavy (non-hydrogen) atoms. The molecule has 2 N–H and O–H groups in total. The van der Waals surface area contributed by atoms with Gasteiger partial charge in [-0.1, -0.05) is 18.2 Å². The number of benzene rings is 2. The highest BCUT2D eigenvalue weighted by molar-refractivity contribution is 6.07. The first-order valence-corrected chi connectivity index (χ1v) is 11.1. The molecule has 1 amide bonds. The van der Waals surface area contributed by atoms with Gasteiger partial charge in [0.25, 0.3) is 0 Å². The van der Waals surface area contributed by atoms with Gasteiger partial charge >= 0.3 is 12.1 Å². The van der Waals surface area contributed by atoms with Gasteiger partial charge < -0.3 is 29.5 Å². The number of aliphatic carboxylic acids is 1. The minimum absolute atomic E-state index is 0.00803. The molecule has 2 aromatic rings. The number of anilines is 2. The highest BCUT2D eigenvalue weighted by Crippen LogP contribution is 2.47. The predicted octanol–water partition coefficient (Wildman–Crippen LogP) is 3.51. The number of hydrogen-bond donors (Lipinski definition) is 2. The minimum atomic E-state index is -5.08. The fraction of sp³-hybridized carbons (Fsp3) is 0.417. The summed E-state index contributed by atoms with van der Waals surface area (Å²) in [4.78, 5) is 26.3. The summed E-state index contributed by atoms with van der Waals surface area (Å²) in [6, 6.07) is 11.4. The fourth-order valence-corrected chi connectivity index (χ4v) is 4.50. The average molecular weight is 494 g/mol. The van der Waals surface area contributed by atoms with E-state index in [1.807, 2.05) is 42.3 Å². The third-order valence-electron chi connectivity index (χ3n) is 6.22. The van der Waals surface area contributed by atoms with Gasteiger partial charge in [-0.25, -0.2) is 4.79 Å². The summed E-state index contributed by atoms with van der Waals surface area (Å²) < 4.78 is 43.2. The maximum Gasteiger partial charge on any atom is 0.490 e. The Morgan fingerprint density at radius 2 is 1.86 bits per heavy atom. The molecule has 3 heterocycles. The molecule has 2 aromatic carbocycles. The number of phenolic OH excluding ortho intramolecular Hbond substituents is 1. The molecule has 1 unspecified atom stereocenters. The van der Waals surface area contributed by atoms with Gasteiger partial charge in [0.2, 0.25) is 5.91 Å². The van der Waals surface area contributed by atoms with Gasteiger partial charge in [-0.05, 0) is 30.5 Å². The lowest BCUT2D eigenvalue weighted by Gasteiger charge is -2.29. The Bertz CT molecular complexity index is 1120. The van der Waals surface area contributed by atoms with Crippen LogP contribution in [0.1, 0.15) is 29.9 Å². The van der Waals surface area contributed by atoms with Crippen molar-refractivity contribution in [2.45, 2.75) is 31.0 Å². The van der Waals surface area contributed by atoms with Crippen LogP contribution in [0.4, 0.5) is 24.5 Å². The molecule has 0 aromatic heterocycles. The molecule has 0 bridgehead atoms. The molecule has 2 atom stereocenters. The van der Waals surface area contributed by atoms with Gasteiger partial charge in [0.15, 0.2) is 0 Å². The number of rotatable bonds is 3. The molecule has 188 valence electrons. The van der Waals surface area contributed by atoms with E-state index in [1.54, 1.807) is 6.07 Å². The van der Waals surface area contributed by atoms with Crippen LogP contribution >= 0.6 is 0 Å². The largest absolute Gasteiger partial charge is 0.507 e. The highest BCUT2D eigenvalue weighted by Gasteiger charge is 2.41. The molecular formula is C24H25F3N2O6. The highest BCUT2D eigenvalue weighted by atomic mass is 19.4. The number of ether oxygens (including phenoxy) is 2. The van der Waals surface area contributed by atoms with Crippen molar-refractivity contribution >= 4 is 23.3 Å². The van der Waals surface area contributed by atoms with Gasteiger partial charge in [-0.2, -0.15) is 13.2 Å². The summed E-state index contributed by atoms with van der Waals surface area (Å²) in [6.45, 7) is 2.68. The number of carboxylic acids is 1. The van der Waals surface area contributed by atoms with Gasteiger partial charge in [0.1, 0.15) is 18.1 Å². The maximum atomic E-state index is 13.5. The Morgan fingerprint density at radius 3 is 2.51 bits per heavy atom. The van der Waals surface area contributed by atoms with Crippen LogP contribution in [0.3, 0.4) is 0 Å². The molecule has 8 nitrogen and oxygen atoms in total. The van der Waals surface area contributed by atoms with Crippen molar-refractivity contribution in [2.24, 2.45) is 0 Å². The summed E-state index contributed by atoms with van der Waals surface area (Å²) >= 11 is 0. The van der Waals surface area contributed by atoms with E-state index < -0.39 is 18.1 Å². The van der Waals surface area contributed by atoms with Crippen molar-refractivity contribution in [3.63, 3.8) is 0 Å². The monoisotopic (exact) mass is 494 g/mol. The second kappa shape index (κ2) is 9.65. The number of amides is 1. The standard InChI is InChI=1S/C22H24N2O4.C2HF3O2/c1-23-8-10-28-20-12-19(25)16(11-18(20)23)21-15-6-2-3-7-17(15)24(22(21)26)13-14-5-4-9-27-14;3-2(4,5)1(6)7/h2-3,6-7,11-12,14,21,25H,4-5,8-10,13H2,1H3;(H,6,7)/t14-,21?;/m1./s1. The first-order valence-electron chi connectivity index (χ1n) is 11.1. The molecule has 0 aliphatic carbocycles. The lowest BCUT2D eigenvalue weighted by atomic mass is 9.91. The number of nitrogens with zero attached hydrogens (tertiary/aromatic N) is 2. The fourth-order valence-electron chi connectivity index (χ4n) is 4.50. The Balaban J connectivity index is 0.000000364. The van der Waals surface area contributed by atoms with Crippen LogP contribution in [0.15, 0.2) is 36.4 Å². The van der Waals surface area contributed by atoms with E-state index in [1.165, 1.54) is 0 Å². The second-order valence-electron chi connectivity index (χ2n) is 8.53. The number of aromatic hydroxyl groups is 1. The van der Waals surface area contributed by atoms with Crippen molar-refractivity contribution in [2.75, 3.05) is 43.2 Å². The maximum absolute atomic E-state index is 13.5. The van der Waals surface area contributed by atoms with Crippen molar-refractivity contribution < 1.29 is 42.4 Å². The van der Waals surface area contributed by atoms with E-state index in [0.29, 0.717) is 24.5 Å². The Morgan fingerprint density at radius 1 is 1.14 bits per heavy atom. The van der Waals surface area contributed by atoms with E-state index in [0.717, 1.165) is 42.9 Å². The van der Waals surface area contributed by atoms with Crippen molar-refractivity contribution in [3.8, 4) is 11.5 Å². The van der Waals surface area contributed by atoms with Gasteiger partial charge in [0.05, 0.1) is 30.8 Å². The number of phenols is 1. The van der Waals surface area contributed by atoms with Crippen molar-refractivity contribution in [3.05, 3.63) is 47.5 Å². The van der Waals surface area contributed by atoms with Crippen LogP contribution in [0.5, 0.6) is 11.5 Å². The van der Waals surface area contributed by atoms with E-state index in [9.17, 15) is 23.1 Å². The van der Waals surface area contributed by atoms with E-state index in [4.69, 9.17) is 19.4 Å². The SMILES string of the molecule is CN1CCOc2cc(O)c(C3C(=O)N(C[C@H]4CCCO4)c4ccccc43)cc21.O=C(O)C(F)(F)F. The van der Waals surface area contributed by atoms with Gasteiger partial charge in [0, 0.05) is 31.0 Å². The normalized spacial score (nSPS) is 21.1. The summed E-state index contributed by atoms with van der Waals surface area (Å²) in [5.41, 5.74) is 3.38. The molecule has 11 heteroatoms. The quantitative estimate of drug-likeness (QED) is 0.674. The first-order chi connectivity index (χ1) is 16.6. The zero-order valence-electron chi connectivity index (χ0n) is 18.9. The van der Waals surface area contributed by atoms with Crippen LogP contribution in [-0.2, 0) is 14.3 Å². The van der Waals surface area contributed by atoms with E-state index in [-0.39, 0.29) is 17.8 Å². The number of hydrogen-bond acceptors (Lipinski definition) is 6. The molecule has 0 saturated carbocycles. The summed E-state index contributed by atoms with van der Waals surface area (Å²) in [6.07, 6.45) is -2.99. The molecule has 1 fully saturated rings. The number of likely N-dealkylation sites (N-methyl/N-ethyl adjacent to an activating group) is 1. The number of para-hydroxylation sites is 1. The third kappa shape index (κ3) is 5.00. The Kier molecular flexibility index (Phi) is 6.79. The zero-order valence-corrected chi connectivity index (χ0v) is 18.9. The Hall–Kier alpha value is -3.47. The van der Waals surface area contributed by atoms with Crippen LogP contribution < -0.4 is 14.5 Å². The topological polar surface area (TPSA) is 99.5 Å². The van der Waals surface area contributed by atoms with Crippen LogP contribution in [-0.4, -0.2) is 67.7 Å². The van der Waals surface area contributed by atoms with Gasteiger partial charge in [-0.15, -0.1) is 0 Å². The second-order valence-corrected chi connectivity index (χ2v) is 8.53. The number of carbonyl (C=O) groups excluding carboxylic acids is 1. The number of halogens is 3. The molecule has 3 aliphatic rings. The average Bonchev–Trinajstić information content (AvgIpc) is 3.41.